The van der Waals surface area contributed by atoms with Crippen LogP contribution in [-0.2, 0) is 0 Å². The Labute approximate surface area is 161 Å². The third-order valence-corrected chi connectivity index (χ3v) is 6.96. The number of carbonyl (C=O) groups excluding carboxylic acids is 1. The number of hydrogen-bond donors (Lipinski definition) is 1. The predicted molar refractivity (Wildman–Crippen MR) is 105 cm³/mol. The van der Waals surface area contributed by atoms with Gasteiger partial charge in [0.25, 0.3) is 11.6 Å². The first kappa shape index (κ1) is 16.9. The highest BCUT2D eigenvalue weighted by Gasteiger charge is 2.39. The molecule has 27 heavy (non-hydrogen) atoms. The Morgan fingerprint density at radius 2 is 2.11 bits per heavy atom. The van der Waals surface area contributed by atoms with Gasteiger partial charge in [-0.15, -0.1) is 11.3 Å². The summed E-state index contributed by atoms with van der Waals surface area (Å²) in [4.78, 5) is 21.3. The molecule has 2 fully saturated rings. The fourth-order valence-corrected chi connectivity index (χ4v) is 5.30. The van der Waals surface area contributed by atoms with Gasteiger partial charge in [-0.05, 0) is 57.2 Å². The van der Waals surface area contributed by atoms with Crippen molar-refractivity contribution in [1.82, 2.24) is 20.4 Å². The zero-order valence-corrected chi connectivity index (χ0v) is 16.3. The maximum absolute atomic E-state index is 13.2. The molecule has 2 aliphatic heterocycles. The summed E-state index contributed by atoms with van der Waals surface area (Å²) < 4.78 is 5.38. The molecule has 3 aromatic heterocycles. The van der Waals surface area contributed by atoms with Gasteiger partial charge in [0.1, 0.15) is 0 Å². The van der Waals surface area contributed by atoms with Crippen LogP contribution in [0.3, 0.4) is 0 Å². The molecule has 5 heterocycles. The summed E-state index contributed by atoms with van der Waals surface area (Å²) in [7, 11) is 2.21. The molecule has 0 aliphatic carbocycles. The SMILES string of the molecule is Cc1noc2nc(-c3cccs3)cc(C(=O)NC3C[C@H]4CC[C@@H](C3)N4C)c12. The zero-order chi connectivity index (χ0) is 18.5. The molecule has 7 heteroatoms. The lowest BCUT2D eigenvalue weighted by Gasteiger charge is -2.36. The van der Waals surface area contributed by atoms with E-state index in [4.69, 9.17) is 4.52 Å². The first-order valence-electron chi connectivity index (χ1n) is 9.44. The van der Waals surface area contributed by atoms with E-state index < -0.39 is 0 Å². The molecule has 2 saturated heterocycles. The highest BCUT2D eigenvalue weighted by atomic mass is 32.1. The van der Waals surface area contributed by atoms with Crippen molar-refractivity contribution < 1.29 is 9.32 Å². The van der Waals surface area contributed by atoms with E-state index in [9.17, 15) is 4.79 Å². The minimum absolute atomic E-state index is 0.0551. The monoisotopic (exact) mass is 382 g/mol. The van der Waals surface area contributed by atoms with Crippen molar-refractivity contribution in [1.29, 1.82) is 0 Å². The summed E-state index contributed by atoms with van der Waals surface area (Å²) in [5, 5.41) is 10.0. The minimum atomic E-state index is -0.0551. The van der Waals surface area contributed by atoms with Crippen LogP contribution < -0.4 is 5.32 Å². The fraction of sp³-hybridized carbons (Fsp3) is 0.450. The lowest BCUT2D eigenvalue weighted by molar-refractivity contribution is 0.0884. The van der Waals surface area contributed by atoms with E-state index in [1.165, 1.54) is 12.8 Å². The number of piperidine rings is 1. The lowest BCUT2D eigenvalue weighted by Crippen LogP contribution is -2.48. The minimum Gasteiger partial charge on any atom is -0.349 e. The molecule has 3 atom stereocenters. The van der Waals surface area contributed by atoms with Crippen LogP contribution in [0.1, 0.15) is 41.7 Å². The summed E-state index contributed by atoms with van der Waals surface area (Å²) in [5.41, 5.74) is 2.48. The highest BCUT2D eigenvalue weighted by Crippen LogP contribution is 2.35. The van der Waals surface area contributed by atoms with Gasteiger partial charge in [-0.3, -0.25) is 4.79 Å². The highest BCUT2D eigenvalue weighted by molar-refractivity contribution is 7.13. The number of thiophene rings is 1. The molecule has 2 aliphatic rings. The first-order valence-corrected chi connectivity index (χ1v) is 10.3. The van der Waals surface area contributed by atoms with Crippen LogP contribution in [0.2, 0.25) is 0 Å². The zero-order valence-electron chi connectivity index (χ0n) is 15.4. The van der Waals surface area contributed by atoms with Crippen LogP contribution in [-0.4, -0.2) is 46.1 Å². The summed E-state index contributed by atoms with van der Waals surface area (Å²) in [6.07, 6.45) is 4.52. The van der Waals surface area contributed by atoms with E-state index in [2.05, 4.69) is 27.4 Å². The summed E-state index contributed by atoms with van der Waals surface area (Å²) >= 11 is 1.59. The Morgan fingerprint density at radius 3 is 2.81 bits per heavy atom. The molecular weight excluding hydrogens is 360 g/mol. The molecule has 0 spiro atoms. The largest absolute Gasteiger partial charge is 0.349 e. The molecule has 0 saturated carbocycles. The summed E-state index contributed by atoms with van der Waals surface area (Å²) in [6.45, 7) is 1.85. The molecular formula is C20H22N4O2S. The van der Waals surface area contributed by atoms with E-state index in [0.717, 1.165) is 23.4 Å². The van der Waals surface area contributed by atoms with E-state index >= 15 is 0 Å². The van der Waals surface area contributed by atoms with Crippen molar-refractivity contribution in [3.05, 3.63) is 34.8 Å². The van der Waals surface area contributed by atoms with Crippen molar-refractivity contribution in [3.63, 3.8) is 0 Å². The average Bonchev–Trinajstić information content (AvgIpc) is 3.35. The van der Waals surface area contributed by atoms with Crippen LogP contribution in [0.25, 0.3) is 21.7 Å². The van der Waals surface area contributed by atoms with Gasteiger partial charge in [0.2, 0.25) is 0 Å². The number of rotatable bonds is 3. The van der Waals surface area contributed by atoms with Gasteiger partial charge >= 0.3 is 0 Å². The summed E-state index contributed by atoms with van der Waals surface area (Å²) in [6, 6.07) is 7.25. The molecule has 5 rings (SSSR count). The molecule has 0 radical (unpaired) electrons. The Morgan fingerprint density at radius 1 is 1.33 bits per heavy atom. The molecule has 140 valence electrons. The maximum atomic E-state index is 13.2. The topological polar surface area (TPSA) is 71.3 Å². The molecule has 6 nitrogen and oxygen atoms in total. The van der Waals surface area contributed by atoms with Crippen LogP contribution in [0.4, 0.5) is 0 Å². The maximum Gasteiger partial charge on any atom is 0.259 e. The number of aromatic nitrogens is 2. The quantitative estimate of drug-likeness (QED) is 0.749. The Balaban J connectivity index is 1.48. The normalized spacial score (nSPS) is 25.2. The van der Waals surface area contributed by atoms with Crippen molar-refractivity contribution in [2.45, 2.75) is 50.7 Å². The van der Waals surface area contributed by atoms with Gasteiger partial charge in [0.15, 0.2) is 0 Å². The summed E-state index contributed by atoms with van der Waals surface area (Å²) in [5.74, 6) is -0.0551. The lowest BCUT2D eigenvalue weighted by atomic mass is 9.97. The van der Waals surface area contributed by atoms with Crippen LogP contribution in [0.15, 0.2) is 28.1 Å². The first-order chi connectivity index (χ1) is 13.1. The second-order valence-corrected chi connectivity index (χ2v) is 8.62. The fourth-order valence-electron chi connectivity index (χ4n) is 4.62. The molecule has 1 unspecified atom stereocenters. The average molecular weight is 382 g/mol. The molecule has 2 bridgehead atoms. The van der Waals surface area contributed by atoms with Crippen molar-refractivity contribution in [2.75, 3.05) is 7.05 Å². The number of carbonyl (C=O) groups is 1. The Hall–Kier alpha value is -2.25. The van der Waals surface area contributed by atoms with Gasteiger partial charge in [-0.25, -0.2) is 4.98 Å². The van der Waals surface area contributed by atoms with Gasteiger partial charge in [0, 0.05) is 18.1 Å². The third kappa shape index (κ3) is 2.85. The van der Waals surface area contributed by atoms with Crippen LogP contribution in [0.5, 0.6) is 0 Å². The number of amides is 1. The molecule has 1 amide bonds. The Kier molecular flexibility index (Phi) is 4.02. The number of nitrogens with zero attached hydrogens (tertiary/aromatic N) is 3. The van der Waals surface area contributed by atoms with E-state index in [1.54, 1.807) is 11.3 Å². The van der Waals surface area contributed by atoms with Crippen LogP contribution in [0, 0.1) is 6.92 Å². The number of pyridine rings is 1. The van der Waals surface area contributed by atoms with Gasteiger partial charge < -0.3 is 14.7 Å². The smallest absolute Gasteiger partial charge is 0.259 e. The standard InChI is InChI=1S/C20H22N4O2S/c1-11-18-15(10-16(17-4-3-7-27-17)22-20(18)26-23-11)19(25)21-12-8-13-5-6-14(9-12)24(13)2/h3-4,7,10,12-14H,5-6,8-9H2,1-2H3,(H,21,25)/t12?,13-,14+. The van der Waals surface area contributed by atoms with Crippen molar-refractivity contribution in [3.8, 4) is 10.6 Å². The number of hydrogen-bond acceptors (Lipinski definition) is 6. The third-order valence-electron chi connectivity index (χ3n) is 6.07. The van der Waals surface area contributed by atoms with Crippen molar-refractivity contribution >= 4 is 28.3 Å². The van der Waals surface area contributed by atoms with E-state index in [1.807, 2.05) is 30.5 Å². The second kappa shape index (κ2) is 6.42. The Bertz CT molecular complexity index is 983. The predicted octanol–water partition coefficient (Wildman–Crippen LogP) is 3.61. The molecule has 0 aromatic carbocycles. The number of fused-ring (bicyclic) bond motifs is 3. The molecule has 3 aromatic rings. The van der Waals surface area contributed by atoms with Gasteiger partial charge in [-0.1, -0.05) is 11.2 Å². The number of aryl methyl sites for hydroxylation is 1. The number of nitrogens with one attached hydrogen (secondary N) is 1. The van der Waals surface area contributed by atoms with Crippen molar-refractivity contribution in [2.24, 2.45) is 0 Å². The van der Waals surface area contributed by atoms with E-state index in [-0.39, 0.29) is 11.9 Å². The molecule has 1 N–H and O–H groups in total. The second-order valence-electron chi connectivity index (χ2n) is 7.67. The van der Waals surface area contributed by atoms with E-state index in [0.29, 0.717) is 34.4 Å². The van der Waals surface area contributed by atoms with Gasteiger partial charge in [-0.2, -0.15) is 0 Å². The van der Waals surface area contributed by atoms with Gasteiger partial charge in [0.05, 0.1) is 27.2 Å². The van der Waals surface area contributed by atoms with Crippen LogP contribution >= 0.6 is 11.3 Å².